The Kier molecular flexibility index (Phi) is 5.61. The summed E-state index contributed by atoms with van der Waals surface area (Å²) in [4.78, 5) is 4.75. The van der Waals surface area contributed by atoms with Crippen LogP contribution < -0.4 is 5.32 Å². The van der Waals surface area contributed by atoms with Crippen LogP contribution >= 0.6 is 0 Å². The van der Waals surface area contributed by atoms with E-state index in [0.717, 1.165) is 42.8 Å². The van der Waals surface area contributed by atoms with Crippen LogP contribution in [0.1, 0.15) is 71.0 Å². The predicted octanol–water partition coefficient (Wildman–Crippen LogP) is 7.43. The second kappa shape index (κ2) is 8.05. The maximum Gasteiger partial charge on any atom is 0.208 e. The molecule has 0 bridgehead atoms. The fraction of sp³-hybridized carbons (Fsp3) is 0.500. The van der Waals surface area contributed by atoms with Gasteiger partial charge in [0.2, 0.25) is 5.95 Å². The third-order valence-electron chi connectivity index (χ3n) is 6.61. The lowest BCUT2D eigenvalue weighted by atomic mass is 9.70. The lowest BCUT2D eigenvalue weighted by Crippen LogP contribution is -2.29. The highest BCUT2D eigenvalue weighted by Gasteiger charge is 2.35. The molecule has 0 spiro atoms. The van der Waals surface area contributed by atoms with Gasteiger partial charge in [0.1, 0.15) is 5.52 Å². The minimum Gasteiger partial charge on any atom is -0.325 e. The van der Waals surface area contributed by atoms with Gasteiger partial charge >= 0.3 is 0 Å². The zero-order chi connectivity index (χ0) is 21.5. The number of imidazole rings is 1. The fourth-order valence-electron chi connectivity index (χ4n) is 5.43. The molecule has 1 aliphatic rings. The highest BCUT2D eigenvalue weighted by molar-refractivity contribution is 5.81. The van der Waals surface area contributed by atoms with Crippen molar-refractivity contribution >= 4 is 22.7 Å². The van der Waals surface area contributed by atoms with Gasteiger partial charge in [0, 0.05) is 11.7 Å². The second-order valence-corrected chi connectivity index (χ2v) is 9.80. The Labute approximate surface area is 179 Å². The quantitative estimate of drug-likeness (QED) is 0.476. The van der Waals surface area contributed by atoms with Crippen LogP contribution in [0.15, 0.2) is 36.4 Å². The molecule has 3 aromatic rings. The first-order chi connectivity index (χ1) is 14.3. The number of para-hydroxylation sites is 1. The zero-order valence-electron chi connectivity index (χ0n) is 18.9. The van der Waals surface area contributed by atoms with Crippen molar-refractivity contribution in [1.29, 1.82) is 0 Å². The molecule has 1 saturated carbocycles. The summed E-state index contributed by atoms with van der Waals surface area (Å²) in [5, 5.41) is 3.58. The summed E-state index contributed by atoms with van der Waals surface area (Å²) in [6.45, 7) is 11.4. The molecule has 0 amide bonds. The van der Waals surface area contributed by atoms with Crippen LogP contribution in [-0.2, 0) is 12.8 Å². The number of anilines is 2. The molecule has 0 saturated heterocycles. The lowest BCUT2D eigenvalue weighted by Gasteiger charge is -2.40. The topological polar surface area (TPSA) is 29.9 Å². The molecule has 2 unspecified atom stereocenters. The molecule has 30 heavy (non-hydrogen) atoms. The van der Waals surface area contributed by atoms with Crippen LogP contribution in [0.5, 0.6) is 0 Å². The van der Waals surface area contributed by atoms with Crippen molar-refractivity contribution < 1.29 is 4.39 Å². The Morgan fingerprint density at radius 2 is 1.93 bits per heavy atom. The zero-order valence-corrected chi connectivity index (χ0v) is 18.9. The van der Waals surface area contributed by atoms with Crippen molar-refractivity contribution in [2.24, 2.45) is 11.3 Å². The van der Waals surface area contributed by atoms with Crippen LogP contribution in [-0.4, -0.2) is 9.55 Å². The number of aryl methyl sites for hydroxylation is 2. The Bertz CT molecular complexity index is 1050. The Morgan fingerprint density at radius 3 is 2.63 bits per heavy atom. The molecule has 1 aliphatic carbocycles. The second-order valence-electron chi connectivity index (χ2n) is 9.80. The Morgan fingerprint density at radius 1 is 1.13 bits per heavy atom. The number of nitrogens with one attached hydrogen (secondary N) is 1. The molecular weight excluding hydrogens is 373 g/mol. The van der Waals surface area contributed by atoms with Gasteiger partial charge in [0.25, 0.3) is 0 Å². The molecule has 3 nitrogen and oxygen atoms in total. The van der Waals surface area contributed by atoms with E-state index in [9.17, 15) is 4.39 Å². The number of rotatable bonds is 5. The van der Waals surface area contributed by atoms with Gasteiger partial charge < -0.3 is 9.88 Å². The SMILES string of the molecule is CCc1ccc(Nc2nc3c(F)cccc3n2C2CC(C)CC(C)(C)C2)c(CC)c1. The maximum absolute atomic E-state index is 14.7. The first-order valence-electron chi connectivity index (χ1n) is 11.4. The van der Waals surface area contributed by atoms with Crippen molar-refractivity contribution in [3.8, 4) is 0 Å². The monoisotopic (exact) mass is 407 g/mol. The van der Waals surface area contributed by atoms with Crippen molar-refractivity contribution in [2.75, 3.05) is 5.32 Å². The van der Waals surface area contributed by atoms with E-state index < -0.39 is 0 Å². The summed E-state index contributed by atoms with van der Waals surface area (Å²) in [5.41, 5.74) is 5.27. The Hall–Kier alpha value is -2.36. The molecule has 2 aromatic carbocycles. The summed E-state index contributed by atoms with van der Waals surface area (Å²) in [5.74, 6) is 1.13. The van der Waals surface area contributed by atoms with Crippen LogP contribution in [0.4, 0.5) is 16.0 Å². The molecule has 2 atom stereocenters. The van der Waals surface area contributed by atoms with E-state index in [0.29, 0.717) is 17.5 Å². The minimum absolute atomic E-state index is 0.255. The molecule has 0 radical (unpaired) electrons. The summed E-state index contributed by atoms with van der Waals surface area (Å²) < 4.78 is 16.9. The molecule has 1 N–H and O–H groups in total. The molecule has 4 rings (SSSR count). The molecule has 1 heterocycles. The van der Waals surface area contributed by atoms with Crippen molar-refractivity contribution in [3.05, 3.63) is 53.3 Å². The summed E-state index contributed by atoms with van der Waals surface area (Å²) >= 11 is 0. The first kappa shape index (κ1) is 20.9. The standard InChI is InChI=1S/C26H34FN3/c1-6-18-11-12-22(19(7-2)14-18)28-25-29-24-21(27)9-8-10-23(24)30(25)20-13-17(3)15-26(4,5)16-20/h8-12,14,17,20H,6-7,13,15-16H2,1-5H3,(H,28,29). The van der Waals surface area contributed by atoms with Gasteiger partial charge in [-0.15, -0.1) is 0 Å². The normalized spacial score (nSPS) is 21.1. The van der Waals surface area contributed by atoms with Crippen LogP contribution in [0, 0.1) is 17.2 Å². The third kappa shape index (κ3) is 3.97. The molecule has 4 heteroatoms. The molecule has 1 aromatic heterocycles. The molecule has 0 aliphatic heterocycles. The van der Waals surface area contributed by atoms with Crippen LogP contribution in [0.25, 0.3) is 11.0 Å². The van der Waals surface area contributed by atoms with Gasteiger partial charge in [0.05, 0.1) is 5.52 Å². The van der Waals surface area contributed by atoms with Crippen molar-refractivity contribution in [2.45, 2.75) is 72.8 Å². The number of hydrogen-bond donors (Lipinski definition) is 1. The third-order valence-corrected chi connectivity index (χ3v) is 6.61. The minimum atomic E-state index is -0.255. The largest absolute Gasteiger partial charge is 0.325 e. The lowest BCUT2D eigenvalue weighted by molar-refractivity contribution is 0.140. The van der Waals surface area contributed by atoms with Crippen molar-refractivity contribution in [1.82, 2.24) is 9.55 Å². The van der Waals surface area contributed by atoms with E-state index in [1.807, 2.05) is 6.07 Å². The smallest absolute Gasteiger partial charge is 0.208 e. The average Bonchev–Trinajstić information content (AvgIpc) is 3.06. The highest BCUT2D eigenvalue weighted by Crippen LogP contribution is 2.46. The number of halogens is 1. The van der Waals surface area contributed by atoms with Gasteiger partial charge in [0.15, 0.2) is 5.82 Å². The average molecular weight is 408 g/mol. The Balaban J connectivity index is 1.82. The van der Waals surface area contributed by atoms with E-state index in [1.165, 1.54) is 23.6 Å². The fourth-order valence-corrected chi connectivity index (χ4v) is 5.43. The van der Waals surface area contributed by atoms with E-state index in [1.54, 1.807) is 6.07 Å². The number of hydrogen-bond acceptors (Lipinski definition) is 2. The van der Waals surface area contributed by atoms with Gasteiger partial charge in [-0.3, -0.25) is 0 Å². The summed E-state index contributed by atoms with van der Waals surface area (Å²) in [6, 6.07) is 12.2. The maximum atomic E-state index is 14.7. The van der Waals surface area contributed by atoms with Crippen LogP contribution in [0.2, 0.25) is 0 Å². The highest BCUT2D eigenvalue weighted by atomic mass is 19.1. The number of aromatic nitrogens is 2. The van der Waals surface area contributed by atoms with E-state index >= 15 is 0 Å². The van der Waals surface area contributed by atoms with E-state index in [4.69, 9.17) is 4.98 Å². The van der Waals surface area contributed by atoms with Gasteiger partial charge in [-0.05, 0) is 72.8 Å². The summed E-state index contributed by atoms with van der Waals surface area (Å²) in [7, 11) is 0. The number of nitrogens with zero attached hydrogens (tertiary/aromatic N) is 2. The molecule has 160 valence electrons. The first-order valence-corrected chi connectivity index (χ1v) is 11.4. The van der Waals surface area contributed by atoms with Crippen LogP contribution in [0.3, 0.4) is 0 Å². The number of fused-ring (bicyclic) bond motifs is 1. The van der Waals surface area contributed by atoms with E-state index in [-0.39, 0.29) is 11.2 Å². The van der Waals surface area contributed by atoms with Gasteiger partial charge in [-0.25, -0.2) is 9.37 Å². The van der Waals surface area contributed by atoms with Gasteiger partial charge in [-0.1, -0.05) is 52.8 Å². The van der Waals surface area contributed by atoms with E-state index in [2.05, 4.69) is 62.7 Å². The molecule has 1 fully saturated rings. The summed E-state index contributed by atoms with van der Waals surface area (Å²) in [6.07, 6.45) is 5.36. The predicted molar refractivity (Wildman–Crippen MR) is 124 cm³/mol. The molecular formula is C26H34FN3. The van der Waals surface area contributed by atoms with Crippen molar-refractivity contribution in [3.63, 3.8) is 0 Å². The number of benzene rings is 2. The van der Waals surface area contributed by atoms with Gasteiger partial charge in [-0.2, -0.15) is 0 Å².